The Labute approximate surface area is 195 Å². The van der Waals surface area contributed by atoms with Crippen LogP contribution in [0.15, 0.2) is 4.79 Å². The molecule has 0 spiro atoms. The lowest BCUT2D eigenvalue weighted by Crippen LogP contribution is -2.33. The Morgan fingerprint density at radius 2 is 1.73 bits per heavy atom. The minimum atomic E-state index is -5.74. The van der Waals surface area contributed by atoms with Gasteiger partial charge in [0.25, 0.3) is 5.56 Å². The molecule has 186 valence electrons. The van der Waals surface area contributed by atoms with Crippen molar-refractivity contribution in [3.63, 3.8) is 0 Å². The third kappa shape index (κ3) is 6.24. The number of ether oxygens (including phenoxy) is 1. The number of phosphoric ester groups is 1. The molecular formula is C10H15IN5O14P3. The van der Waals surface area contributed by atoms with Crippen molar-refractivity contribution in [1.82, 2.24) is 19.5 Å². The minimum absolute atomic E-state index is 0.0935. The normalized spacial score (nSPS) is 27.5. The molecule has 33 heavy (non-hydrogen) atoms. The molecule has 3 rings (SSSR count). The SMILES string of the molecule is Nc1nc2c(nc(I)n2[C@@H]2O[C@H](COP(=O)(O)OP(=O)(O)OP(=O)(O)O)[C@@H](O)[C@H]2O)c(=O)[nH]1. The molecule has 19 nitrogen and oxygen atoms in total. The van der Waals surface area contributed by atoms with Crippen LogP contribution in [-0.2, 0) is 31.6 Å². The van der Waals surface area contributed by atoms with Crippen molar-refractivity contribution in [3.05, 3.63) is 14.2 Å². The first-order valence-corrected chi connectivity index (χ1v) is 13.8. The third-order valence-corrected chi connectivity index (χ3v) is 8.50. The van der Waals surface area contributed by atoms with Crippen LogP contribution in [0.1, 0.15) is 6.23 Å². The Morgan fingerprint density at radius 3 is 2.33 bits per heavy atom. The predicted octanol–water partition coefficient (Wildman–Crippen LogP) is -1.73. The molecule has 0 saturated carbocycles. The summed E-state index contributed by atoms with van der Waals surface area (Å²) < 4.78 is 52.0. The molecule has 0 aliphatic carbocycles. The Hall–Kier alpha value is -0.830. The zero-order chi connectivity index (χ0) is 24.9. The number of hydrogen-bond donors (Lipinski definition) is 8. The summed E-state index contributed by atoms with van der Waals surface area (Å²) in [6.07, 6.45) is -6.43. The number of halogens is 1. The average molecular weight is 649 g/mol. The van der Waals surface area contributed by atoms with Crippen molar-refractivity contribution in [2.24, 2.45) is 0 Å². The molecule has 2 aromatic heterocycles. The van der Waals surface area contributed by atoms with Crippen LogP contribution in [0.25, 0.3) is 11.2 Å². The summed E-state index contributed by atoms with van der Waals surface area (Å²) in [5, 5.41) is 20.6. The van der Waals surface area contributed by atoms with Crippen LogP contribution in [0.5, 0.6) is 0 Å². The number of rotatable bonds is 8. The van der Waals surface area contributed by atoms with Crippen LogP contribution in [0.4, 0.5) is 5.95 Å². The largest absolute Gasteiger partial charge is 0.490 e. The number of nitrogens with one attached hydrogen (secondary N) is 1. The fraction of sp³-hybridized carbons (Fsp3) is 0.500. The van der Waals surface area contributed by atoms with Gasteiger partial charge in [-0.2, -0.15) is 13.6 Å². The molecule has 1 aliphatic heterocycles. The highest BCUT2D eigenvalue weighted by Crippen LogP contribution is 2.66. The first-order chi connectivity index (χ1) is 15.0. The van der Waals surface area contributed by atoms with Gasteiger partial charge in [0.05, 0.1) is 6.61 Å². The molecule has 2 unspecified atom stereocenters. The van der Waals surface area contributed by atoms with Crippen molar-refractivity contribution >= 4 is 63.2 Å². The zero-order valence-electron chi connectivity index (χ0n) is 15.6. The monoisotopic (exact) mass is 649 g/mol. The Morgan fingerprint density at radius 1 is 1.09 bits per heavy atom. The first kappa shape index (κ1) is 26.8. The lowest BCUT2D eigenvalue weighted by Gasteiger charge is -2.19. The number of aromatic nitrogens is 4. The van der Waals surface area contributed by atoms with Gasteiger partial charge < -0.3 is 40.3 Å². The number of H-pyrrole nitrogens is 1. The molecule has 2 aromatic rings. The van der Waals surface area contributed by atoms with E-state index in [1.807, 2.05) is 0 Å². The predicted molar refractivity (Wildman–Crippen MR) is 111 cm³/mol. The summed E-state index contributed by atoms with van der Waals surface area (Å²) in [5.41, 5.74) is 4.57. The molecule has 1 fully saturated rings. The maximum Gasteiger partial charge on any atom is 0.490 e. The smallest absolute Gasteiger partial charge is 0.387 e. The van der Waals surface area contributed by atoms with E-state index in [0.717, 1.165) is 4.57 Å². The van der Waals surface area contributed by atoms with E-state index >= 15 is 0 Å². The summed E-state index contributed by atoms with van der Waals surface area (Å²) in [7, 11) is -16.8. The summed E-state index contributed by atoms with van der Waals surface area (Å²) in [6, 6.07) is 0. The van der Waals surface area contributed by atoms with Crippen LogP contribution in [0.2, 0.25) is 0 Å². The van der Waals surface area contributed by atoms with E-state index in [2.05, 4.69) is 28.1 Å². The van der Waals surface area contributed by atoms with Gasteiger partial charge in [-0.25, -0.2) is 18.7 Å². The second-order valence-electron chi connectivity index (χ2n) is 6.31. The summed E-state index contributed by atoms with van der Waals surface area (Å²) in [5.74, 6) is -0.276. The molecular weight excluding hydrogens is 634 g/mol. The van der Waals surface area contributed by atoms with Gasteiger partial charge in [-0.15, -0.1) is 0 Å². The Balaban J connectivity index is 1.77. The van der Waals surface area contributed by atoms with Crippen LogP contribution >= 0.6 is 46.1 Å². The summed E-state index contributed by atoms with van der Waals surface area (Å²) >= 11 is 1.69. The van der Waals surface area contributed by atoms with E-state index in [1.165, 1.54) is 0 Å². The van der Waals surface area contributed by atoms with Crippen LogP contribution in [0.3, 0.4) is 0 Å². The highest BCUT2D eigenvalue weighted by molar-refractivity contribution is 14.1. The first-order valence-electron chi connectivity index (χ1n) is 8.23. The number of imidazole rings is 1. The molecule has 1 saturated heterocycles. The van der Waals surface area contributed by atoms with Crippen molar-refractivity contribution in [2.75, 3.05) is 12.3 Å². The summed E-state index contributed by atoms with van der Waals surface area (Å²) in [4.78, 5) is 57.8. The maximum absolute atomic E-state index is 12.0. The summed E-state index contributed by atoms with van der Waals surface area (Å²) in [6.45, 7) is -1.02. The van der Waals surface area contributed by atoms with Crippen molar-refractivity contribution < 1.29 is 61.4 Å². The van der Waals surface area contributed by atoms with Crippen LogP contribution in [-0.4, -0.2) is 74.2 Å². The highest BCUT2D eigenvalue weighted by atomic mass is 127. The molecule has 0 bridgehead atoms. The van der Waals surface area contributed by atoms with Crippen molar-refractivity contribution in [3.8, 4) is 0 Å². The quantitative estimate of drug-likeness (QED) is 0.0895. The molecule has 0 amide bonds. The number of aliphatic hydroxyl groups is 2. The second-order valence-corrected chi connectivity index (χ2v) is 11.7. The maximum atomic E-state index is 12.0. The number of hydrogen-bond acceptors (Lipinski definition) is 13. The van der Waals surface area contributed by atoms with E-state index in [1.54, 1.807) is 22.6 Å². The van der Waals surface area contributed by atoms with E-state index in [4.69, 9.17) is 25.2 Å². The molecule has 3 heterocycles. The van der Waals surface area contributed by atoms with Crippen LogP contribution < -0.4 is 11.3 Å². The standard InChI is InChI=1S/C10H15IN5O14P3/c11-9-13-3-6(14-10(12)15-7(3)19)16(9)8-5(18)4(17)2(28-8)1-27-32(23,24)30-33(25,26)29-31(20,21)22/h2,4-5,8,17-18H,1H2,(H,23,24)(H,25,26)(H2,20,21,22)(H3,12,14,15,19)/t2-,4-,5-,8-/m1/s1. The van der Waals surface area contributed by atoms with E-state index in [0.29, 0.717) is 0 Å². The third-order valence-electron chi connectivity index (χ3n) is 3.94. The number of aliphatic hydroxyl groups excluding tert-OH is 2. The van der Waals surface area contributed by atoms with Gasteiger partial charge in [-0.3, -0.25) is 18.9 Å². The number of nitrogens with two attached hydrogens (primary N) is 1. The molecule has 9 N–H and O–H groups in total. The molecule has 0 radical (unpaired) electrons. The Kier molecular flexibility index (Phi) is 7.56. The highest BCUT2D eigenvalue weighted by Gasteiger charge is 2.47. The zero-order valence-corrected chi connectivity index (χ0v) is 20.4. The van der Waals surface area contributed by atoms with Gasteiger partial charge in [0, 0.05) is 22.6 Å². The topological polar surface area (TPSA) is 299 Å². The number of anilines is 1. The van der Waals surface area contributed by atoms with Crippen molar-refractivity contribution in [1.29, 1.82) is 0 Å². The Bertz CT molecular complexity index is 1260. The fourth-order valence-corrected chi connectivity index (χ4v) is 6.53. The molecule has 6 atom stereocenters. The van der Waals surface area contributed by atoms with E-state index in [9.17, 15) is 33.6 Å². The number of nitrogens with zero attached hydrogens (tertiary/aromatic N) is 3. The van der Waals surface area contributed by atoms with Gasteiger partial charge >= 0.3 is 23.5 Å². The molecule has 23 heteroatoms. The average Bonchev–Trinajstić information content (AvgIpc) is 3.07. The van der Waals surface area contributed by atoms with Gasteiger partial charge in [-0.1, -0.05) is 0 Å². The van der Waals surface area contributed by atoms with Gasteiger partial charge in [0.15, 0.2) is 21.2 Å². The number of phosphoric acid groups is 3. The van der Waals surface area contributed by atoms with Crippen LogP contribution in [0, 0.1) is 3.83 Å². The second kappa shape index (κ2) is 9.32. The van der Waals surface area contributed by atoms with Crippen molar-refractivity contribution in [2.45, 2.75) is 24.5 Å². The van der Waals surface area contributed by atoms with Gasteiger partial charge in [0.2, 0.25) is 5.95 Å². The minimum Gasteiger partial charge on any atom is -0.387 e. The van der Waals surface area contributed by atoms with E-state index in [-0.39, 0.29) is 20.9 Å². The molecule has 1 aliphatic rings. The lowest BCUT2D eigenvalue weighted by atomic mass is 10.1. The fourth-order valence-electron chi connectivity index (χ4n) is 2.75. The number of nitrogen functional groups attached to an aromatic ring is 1. The van der Waals surface area contributed by atoms with E-state index < -0.39 is 60.2 Å². The van der Waals surface area contributed by atoms with Gasteiger partial charge in [0.1, 0.15) is 18.3 Å². The lowest BCUT2D eigenvalue weighted by molar-refractivity contribution is -0.0514. The number of fused-ring (bicyclic) bond motifs is 1. The molecule has 0 aromatic carbocycles. The van der Waals surface area contributed by atoms with Gasteiger partial charge in [-0.05, 0) is 0 Å². The number of aromatic amines is 1.